The van der Waals surface area contributed by atoms with E-state index in [0.717, 1.165) is 12.2 Å². The molecule has 1 aromatic heterocycles. The lowest BCUT2D eigenvalue weighted by Crippen LogP contribution is -2.19. The second-order valence-electron chi connectivity index (χ2n) is 3.90. The standard InChI is InChI=1S/C10H19N5O2S/c1-3-12-10-14-8(2)7-9(15-10)13-5-4-6-18(11,16)17/h7H,3-6H2,1-2H3,(H2,11,16,17)(H2,12,13,14,15). The van der Waals surface area contributed by atoms with Gasteiger partial charge in [-0.2, -0.15) is 4.98 Å². The molecule has 0 saturated heterocycles. The van der Waals surface area contributed by atoms with Crippen LogP contribution >= 0.6 is 0 Å². The molecule has 0 fully saturated rings. The van der Waals surface area contributed by atoms with Gasteiger partial charge in [0.05, 0.1) is 5.75 Å². The molecule has 18 heavy (non-hydrogen) atoms. The van der Waals surface area contributed by atoms with Crippen LogP contribution in [0, 0.1) is 6.92 Å². The smallest absolute Gasteiger partial charge is 0.224 e. The predicted molar refractivity (Wildman–Crippen MR) is 72.0 cm³/mol. The number of rotatable bonds is 7. The monoisotopic (exact) mass is 273 g/mol. The zero-order chi connectivity index (χ0) is 13.6. The van der Waals surface area contributed by atoms with Crippen LogP contribution in [0.1, 0.15) is 19.0 Å². The fraction of sp³-hybridized carbons (Fsp3) is 0.600. The molecule has 0 aliphatic heterocycles. The Morgan fingerprint density at radius 1 is 1.33 bits per heavy atom. The number of primary sulfonamides is 1. The second kappa shape index (κ2) is 6.50. The van der Waals surface area contributed by atoms with Crippen molar-refractivity contribution in [3.8, 4) is 0 Å². The molecular formula is C10H19N5O2S. The maximum atomic E-state index is 10.8. The summed E-state index contributed by atoms with van der Waals surface area (Å²) in [5.74, 6) is 1.20. The minimum absolute atomic E-state index is 0.0376. The van der Waals surface area contributed by atoms with Crippen LogP contribution < -0.4 is 15.8 Å². The van der Waals surface area contributed by atoms with Gasteiger partial charge in [0.15, 0.2) is 0 Å². The van der Waals surface area contributed by atoms with E-state index in [1.54, 1.807) is 6.07 Å². The third kappa shape index (κ3) is 5.78. The lowest BCUT2D eigenvalue weighted by atomic mass is 10.4. The van der Waals surface area contributed by atoms with Gasteiger partial charge in [-0.25, -0.2) is 18.5 Å². The molecule has 0 spiro atoms. The van der Waals surface area contributed by atoms with Gasteiger partial charge in [-0.3, -0.25) is 0 Å². The molecular weight excluding hydrogens is 254 g/mol. The Kier molecular flexibility index (Phi) is 5.29. The summed E-state index contributed by atoms with van der Waals surface area (Å²) in [6.45, 7) is 5.08. The Balaban J connectivity index is 2.51. The summed E-state index contributed by atoms with van der Waals surface area (Å²) in [6.07, 6.45) is 0.443. The lowest BCUT2D eigenvalue weighted by Gasteiger charge is -2.08. The van der Waals surface area contributed by atoms with Gasteiger partial charge in [-0.1, -0.05) is 0 Å². The van der Waals surface area contributed by atoms with Gasteiger partial charge in [0.1, 0.15) is 5.82 Å². The molecule has 102 valence electrons. The van der Waals surface area contributed by atoms with Gasteiger partial charge in [-0.05, 0) is 20.3 Å². The van der Waals surface area contributed by atoms with Crippen LogP contribution in [-0.2, 0) is 10.0 Å². The Labute approximate surface area is 107 Å². The SMILES string of the molecule is CCNc1nc(C)cc(NCCCS(N)(=O)=O)n1. The van der Waals surface area contributed by atoms with Gasteiger partial charge in [-0.15, -0.1) is 0 Å². The minimum atomic E-state index is -3.39. The minimum Gasteiger partial charge on any atom is -0.370 e. The highest BCUT2D eigenvalue weighted by atomic mass is 32.2. The third-order valence-electron chi connectivity index (χ3n) is 2.10. The Morgan fingerprint density at radius 3 is 2.67 bits per heavy atom. The van der Waals surface area contributed by atoms with Crippen molar-refractivity contribution in [2.45, 2.75) is 20.3 Å². The number of hydrogen-bond acceptors (Lipinski definition) is 6. The number of aryl methyl sites for hydroxylation is 1. The first-order valence-corrected chi connectivity index (χ1v) is 7.46. The van der Waals surface area contributed by atoms with E-state index in [2.05, 4.69) is 20.6 Å². The quantitative estimate of drug-likeness (QED) is 0.617. The molecule has 0 unspecified atom stereocenters. The summed E-state index contributed by atoms with van der Waals surface area (Å²) in [4.78, 5) is 8.46. The van der Waals surface area contributed by atoms with Crippen molar-refractivity contribution in [3.05, 3.63) is 11.8 Å². The van der Waals surface area contributed by atoms with Crippen molar-refractivity contribution in [3.63, 3.8) is 0 Å². The highest BCUT2D eigenvalue weighted by Crippen LogP contribution is 2.09. The van der Waals surface area contributed by atoms with Crippen molar-refractivity contribution < 1.29 is 8.42 Å². The fourth-order valence-electron chi connectivity index (χ4n) is 1.39. The molecule has 1 heterocycles. The van der Waals surface area contributed by atoms with Crippen LogP contribution in [0.5, 0.6) is 0 Å². The molecule has 0 aliphatic carbocycles. The van der Waals surface area contributed by atoms with Crippen LogP contribution in [0.15, 0.2) is 6.07 Å². The highest BCUT2D eigenvalue weighted by Gasteiger charge is 2.03. The summed E-state index contributed by atoms with van der Waals surface area (Å²) in [6, 6.07) is 1.80. The number of nitrogens with one attached hydrogen (secondary N) is 2. The largest absolute Gasteiger partial charge is 0.370 e. The van der Waals surface area contributed by atoms with Crippen LogP contribution in [-0.4, -0.2) is 37.2 Å². The second-order valence-corrected chi connectivity index (χ2v) is 5.63. The average molecular weight is 273 g/mol. The van der Waals surface area contributed by atoms with Crippen LogP contribution in [0.3, 0.4) is 0 Å². The number of aromatic nitrogens is 2. The summed E-state index contributed by atoms with van der Waals surface area (Å²) in [5.41, 5.74) is 0.842. The average Bonchev–Trinajstić information content (AvgIpc) is 2.23. The molecule has 0 aromatic carbocycles. The number of anilines is 2. The molecule has 1 aromatic rings. The topological polar surface area (TPSA) is 110 Å². The third-order valence-corrected chi connectivity index (χ3v) is 2.96. The molecule has 0 saturated carbocycles. The summed E-state index contributed by atoms with van der Waals surface area (Å²) < 4.78 is 21.5. The van der Waals surface area contributed by atoms with E-state index in [4.69, 9.17) is 5.14 Å². The molecule has 0 bridgehead atoms. The number of sulfonamides is 1. The van der Waals surface area contributed by atoms with Crippen molar-refractivity contribution in [1.29, 1.82) is 0 Å². The van der Waals surface area contributed by atoms with Crippen molar-refractivity contribution in [2.75, 3.05) is 29.5 Å². The Bertz CT molecular complexity index is 489. The predicted octanol–water partition coefficient (Wildman–Crippen LogP) is 0.307. The Morgan fingerprint density at radius 2 is 2.06 bits per heavy atom. The molecule has 0 aliphatic rings. The van der Waals surface area contributed by atoms with Crippen molar-refractivity contribution in [2.24, 2.45) is 5.14 Å². The lowest BCUT2D eigenvalue weighted by molar-refractivity contribution is 0.595. The first-order chi connectivity index (χ1) is 8.40. The van der Waals surface area contributed by atoms with Crippen molar-refractivity contribution in [1.82, 2.24) is 9.97 Å². The van der Waals surface area contributed by atoms with E-state index < -0.39 is 10.0 Å². The molecule has 7 nitrogen and oxygen atoms in total. The maximum Gasteiger partial charge on any atom is 0.224 e. The van der Waals surface area contributed by atoms with E-state index >= 15 is 0 Å². The van der Waals surface area contributed by atoms with Crippen LogP contribution in [0.25, 0.3) is 0 Å². The van der Waals surface area contributed by atoms with Gasteiger partial charge >= 0.3 is 0 Å². The van der Waals surface area contributed by atoms with Gasteiger partial charge in [0, 0.05) is 24.8 Å². The normalized spacial score (nSPS) is 11.3. The maximum absolute atomic E-state index is 10.8. The van der Waals surface area contributed by atoms with E-state index in [1.165, 1.54) is 0 Å². The number of hydrogen-bond donors (Lipinski definition) is 3. The fourth-order valence-corrected chi connectivity index (χ4v) is 1.93. The molecule has 8 heteroatoms. The zero-order valence-electron chi connectivity index (χ0n) is 10.6. The summed E-state index contributed by atoms with van der Waals surface area (Å²) >= 11 is 0. The molecule has 4 N–H and O–H groups in total. The van der Waals surface area contributed by atoms with E-state index in [-0.39, 0.29) is 5.75 Å². The molecule has 0 radical (unpaired) electrons. The first-order valence-electron chi connectivity index (χ1n) is 5.74. The van der Waals surface area contributed by atoms with Gasteiger partial charge in [0.25, 0.3) is 0 Å². The van der Waals surface area contributed by atoms with E-state index in [9.17, 15) is 8.42 Å². The van der Waals surface area contributed by atoms with Crippen LogP contribution in [0.4, 0.5) is 11.8 Å². The van der Waals surface area contributed by atoms with E-state index in [1.807, 2.05) is 13.8 Å². The van der Waals surface area contributed by atoms with Crippen LogP contribution in [0.2, 0.25) is 0 Å². The zero-order valence-corrected chi connectivity index (χ0v) is 11.4. The number of nitrogens with zero attached hydrogens (tertiary/aromatic N) is 2. The molecule has 0 amide bonds. The Hall–Kier alpha value is -1.41. The molecule has 0 atom stereocenters. The first kappa shape index (κ1) is 14.7. The summed E-state index contributed by atoms with van der Waals surface area (Å²) in [5, 5.41) is 11.0. The van der Waals surface area contributed by atoms with Crippen molar-refractivity contribution >= 4 is 21.8 Å². The molecule has 1 rings (SSSR count). The van der Waals surface area contributed by atoms with Gasteiger partial charge in [0.2, 0.25) is 16.0 Å². The highest BCUT2D eigenvalue weighted by molar-refractivity contribution is 7.89. The van der Waals surface area contributed by atoms with Gasteiger partial charge < -0.3 is 10.6 Å². The van der Waals surface area contributed by atoms with E-state index in [0.29, 0.717) is 24.7 Å². The summed E-state index contributed by atoms with van der Waals surface area (Å²) in [7, 11) is -3.39. The number of nitrogens with two attached hydrogens (primary N) is 1.